The second-order valence-corrected chi connectivity index (χ2v) is 4.73. The monoisotopic (exact) mass is 269 g/mol. The first-order valence-electron chi connectivity index (χ1n) is 6.34. The van der Waals surface area contributed by atoms with Crippen LogP contribution >= 0.6 is 0 Å². The van der Waals surface area contributed by atoms with Gasteiger partial charge in [0.25, 0.3) is 0 Å². The molecule has 3 aromatic rings. The number of anilines is 2. The first-order chi connectivity index (χ1) is 9.63. The van der Waals surface area contributed by atoms with Gasteiger partial charge in [-0.2, -0.15) is 0 Å². The van der Waals surface area contributed by atoms with Crippen molar-refractivity contribution < 1.29 is 4.42 Å². The van der Waals surface area contributed by atoms with Crippen LogP contribution in [-0.4, -0.2) is 4.98 Å². The number of oxazole rings is 1. The third kappa shape index (κ3) is 2.25. The first kappa shape index (κ1) is 12.3. The van der Waals surface area contributed by atoms with Crippen LogP contribution < -0.4 is 16.8 Å². The number of hydrogen-bond donors (Lipinski definition) is 3. The number of nitrogens with two attached hydrogens (primary N) is 1. The maximum absolute atomic E-state index is 11.2. The van der Waals surface area contributed by atoms with E-state index in [1.165, 1.54) is 11.1 Å². The number of aromatic amines is 1. The fourth-order valence-electron chi connectivity index (χ4n) is 2.16. The molecule has 0 atom stereocenters. The highest BCUT2D eigenvalue weighted by Gasteiger charge is 2.07. The number of aryl methyl sites for hydroxylation is 1. The van der Waals surface area contributed by atoms with Gasteiger partial charge in [-0.05, 0) is 24.1 Å². The lowest BCUT2D eigenvalue weighted by Crippen LogP contribution is -2.03. The lowest BCUT2D eigenvalue weighted by molar-refractivity contribution is 0.555. The molecular formula is C15H15N3O2. The largest absolute Gasteiger partial charge is 0.417 e. The van der Waals surface area contributed by atoms with Crippen LogP contribution in [0.25, 0.3) is 11.1 Å². The first-order valence-corrected chi connectivity index (χ1v) is 6.34. The van der Waals surface area contributed by atoms with Crippen molar-refractivity contribution in [1.29, 1.82) is 0 Å². The molecule has 0 saturated heterocycles. The highest BCUT2D eigenvalue weighted by Crippen LogP contribution is 2.25. The Morgan fingerprint density at radius 2 is 2.10 bits per heavy atom. The Bertz CT molecular complexity index is 817. The van der Waals surface area contributed by atoms with Gasteiger partial charge in [0.2, 0.25) is 0 Å². The summed E-state index contributed by atoms with van der Waals surface area (Å²) in [6, 6.07) is 11.6. The summed E-state index contributed by atoms with van der Waals surface area (Å²) in [7, 11) is 0. The molecule has 5 heteroatoms. The number of aromatic nitrogens is 1. The molecule has 0 saturated carbocycles. The summed E-state index contributed by atoms with van der Waals surface area (Å²) < 4.78 is 4.97. The quantitative estimate of drug-likeness (QED) is 0.638. The number of nitrogen functional groups attached to an aromatic ring is 1. The average Bonchev–Trinajstić information content (AvgIpc) is 2.76. The van der Waals surface area contributed by atoms with E-state index in [9.17, 15) is 4.79 Å². The Hall–Kier alpha value is -2.69. The molecule has 0 spiro atoms. The maximum Gasteiger partial charge on any atom is 0.417 e. The van der Waals surface area contributed by atoms with E-state index in [0.29, 0.717) is 23.3 Å². The molecule has 1 heterocycles. The minimum Gasteiger partial charge on any atom is -0.408 e. The molecule has 0 aliphatic rings. The topological polar surface area (TPSA) is 84.0 Å². The van der Waals surface area contributed by atoms with Crippen LogP contribution in [0, 0.1) is 6.92 Å². The zero-order valence-electron chi connectivity index (χ0n) is 11.1. The van der Waals surface area contributed by atoms with Gasteiger partial charge in [0.15, 0.2) is 5.58 Å². The molecule has 3 rings (SSSR count). The van der Waals surface area contributed by atoms with Gasteiger partial charge >= 0.3 is 5.76 Å². The summed E-state index contributed by atoms with van der Waals surface area (Å²) in [5, 5.41) is 3.28. The number of fused-ring (bicyclic) bond motifs is 1. The number of hydrogen-bond acceptors (Lipinski definition) is 4. The van der Waals surface area contributed by atoms with Crippen molar-refractivity contribution in [2.75, 3.05) is 11.1 Å². The standard InChI is InChI=1S/C15H15N3O2/c1-9-4-2-3-5-10(9)8-17-12-7-13-14(6-11(12)16)20-15(19)18-13/h2-7,17H,8,16H2,1H3,(H,18,19). The van der Waals surface area contributed by atoms with E-state index in [4.69, 9.17) is 10.2 Å². The van der Waals surface area contributed by atoms with Crippen molar-refractivity contribution in [3.8, 4) is 0 Å². The molecule has 0 bridgehead atoms. The van der Waals surface area contributed by atoms with E-state index in [0.717, 1.165) is 5.69 Å². The SMILES string of the molecule is Cc1ccccc1CNc1cc2[nH]c(=O)oc2cc1N. The zero-order chi connectivity index (χ0) is 14.1. The Balaban J connectivity index is 1.89. The Labute approximate surface area is 115 Å². The molecule has 2 aromatic carbocycles. The van der Waals surface area contributed by atoms with Crippen LogP contribution in [0.5, 0.6) is 0 Å². The number of rotatable bonds is 3. The molecule has 0 fully saturated rings. The molecule has 102 valence electrons. The molecule has 0 radical (unpaired) electrons. The molecule has 5 nitrogen and oxygen atoms in total. The minimum atomic E-state index is -0.476. The second kappa shape index (κ2) is 4.77. The average molecular weight is 269 g/mol. The number of nitrogens with one attached hydrogen (secondary N) is 2. The van der Waals surface area contributed by atoms with Crippen molar-refractivity contribution in [3.63, 3.8) is 0 Å². The van der Waals surface area contributed by atoms with Crippen molar-refractivity contribution in [2.24, 2.45) is 0 Å². The Morgan fingerprint density at radius 1 is 1.30 bits per heavy atom. The van der Waals surface area contributed by atoms with Gasteiger partial charge in [-0.3, -0.25) is 4.98 Å². The van der Waals surface area contributed by atoms with E-state index in [-0.39, 0.29) is 0 Å². The Kier molecular flexibility index (Phi) is 2.95. The highest BCUT2D eigenvalue weighted by molar-refractivity contribution is 5.85. The molecule has 0 amide bonds. The molecule has 0 aliphatic carbocycles. The predicted molar refractivity (Wildman–Crippen MR) is 79.8 cm³/mol. The van der Waals surface area contributed by atoms with Crippen molar-refractivity contribution >= 4 is 22.5 Å². The van der Waals surface area contributed by atoms with Crippen LogP contribution in [0.1, 0.15) is 11.1 Å². The van der Waals surface area contributed by atoms with Crippen LogP contribution in [0.4, 0.5) is 11.4 Å². The summed E-state index contributed by atoms with van der Waals surface area (Å²) >= 11 is 0. The molecule has 0 unspecified atom stereocenters. The Morgan fingerprint density at radius 3 is 2.90 bits per heavy atom. The van der Waals surface area contributed by atoms with Gasteiger partial charge in [-0.25, -0.2) is 4.79 Å². The van der Waals surface area contributed by atoms with Crippen LogP contribution in [0.3, 0.4) is 0 Å². The van der Waals surface area contributed by atoms with Crippen molar-refractivity contribution in [1.82, 2.24) is 4.98 Å². The van der Waals surface area contributed by atoms with Crippen LogP contribution in [0.15, 0.2) is 45.6 Å². The molecule has 0 aliphatic heterocycles. The van der Waals surface area contributed by atoms with Gasteiger partial charge in [-0.15, -0.1) is 0 Å². The summed E-state index contributed by atoms with van der Waals surface area (Å²) in [4.78, 5) is 13.8. The van der Waals surface area contributed by atoms with E-state index >= 15 is 0 Å². The van der Waals surface area contributed by atoms with Gasteiger partial charge in [-0.1, -0.05) is 24.3 Å². The van der Waals surface area contributed by atoms with E-state index in [1.54, 1.807) is 12.1 Å². The molecule has 1 aromatic heterocycles. The van der Waals surface area contributed by atoms with Crippen LogP contribution in [-0.2, 0) is 6.54 Å². The fourth-order valence-corrected chi connectivity index (χ4v) is 2.16. The van der Waals surface area contributed by atoms with E-state index in [2.05, 4.69) is 29.4 Å². The molecule has 20 heavy (non-hydrogen) atoms. The van der Waals surface area contributed by atoms with Crippen molar-refractivity contribution in [2.45, 2.75) is 13.5 Å². The minimum absolute atomic E-state index is 0.467. The van der Waals surface area contributed by atoms with E-state index < -0.39 is 5.76 Å². The third-order valence-corrected chi connectivity index (χ3v) is 3.32. The predicted octanol–water partition coefficient (Wildman–Crippen LogP) is 2.62. The van der Waals surface area contributed by atoms with E-state index in [1.807, 2.05) is 12.1 Å². The maximum atomic E-state index is 11.2. The molecular weight excluding hydrogens is 254 g/mol. The van der Waals surface area contributed by atoms with Gasteiger partial charge in [0.1, 0.15) is 0 Å². The van der Waals surface area contributed by atoms with Gasteiger partial charge < -0.3 is 15.5 Å². The second-order valence-electron chi connectivity index (χ2n) is 4.73. The normalized spacial score (nSPS) is 10.8. The van der Waals surface area contributed by atoms with Crippen LogP contribution in [0.2, 0.25) is 0 Å². The summed E-state index contributed by atoms with van der Waals surface area (Å²) in [6.45, 7) is 2.74. The third-order valence-electron chi connectivity index (χ3n) is 3.32. The number of H-pyrrole nitrogens is 1. The zero-order valence-corrected chi connectivity index (χ0v) is 11.1. The summed E-state index contributed by atoms with van der Waals surface area (Å²) in [5.74, 6) is -0.476. The highest BCUT2D eigenvalue weighted by atomic mass is 16.4. The lowest BCUT2D eigenvalue weighted by Gasteiger charge is -2.11. The number of benzene rings is 2. The molecule has 4 N–H and O–H groups in total. The lowest BCUT2D eigenvalue weighted by atomic mass is 10.1. The van der Waals surface area contributed by atoms with Gasteiger partial charge in [0, 0.05) is 12.6 Å². The summed E-state index contributed by atoms with van der Waals surface area (Å²) in [6.07, 6.45) is 0. The van der Waals surface area contributed by atoms with Gasteiger partial charge in [0.05, 0.1) is 16.9 Å². The van der Waals surface area contributed by atoms with Crippen molar-refractivity contribution in [3.05, 3.63) is 58.1 Å². The smallest absolute Gasteiger partial charge is 0.408 e. The fraction of sp³-hybridized carbons (Fsp3) is 0.133. The summed E-state index contributed by atoms with van der Waals surface area (Å²) in [5.41, 5.74) is 10.8.